The van der Waals surface area contributed by atoms with Crippen LogP contribution in [0.4, 0.5) is 0 Å². The summed E-state index contributed by atoms with van der Waals surface area (Å²) in [4.78, 5) is 0. The second-order valence-electron chi connectivity index (χ2n) is 3.09. The maximum atomic E-state index is 5.99. The fourth-order valence-corrected chi connectivity index (χ4v) is 1.45. The first-order valence-corrected chi connectivity index (χ1v) is 4.71. The summed E-state index contributed by atoms with van der Waals surface area (Å²) in [6.07, 6.45) is 0.858. The number of ether oxygens (including phenoxy) is 2. The second-order valence-corrected chi connectivity index (χ2v) is 3.09. The smallest absolute Gasteiger partial charge is 0.127 e. The van der Waals surface area contributed by atoms with E-state index < -0.39 is 0 Å². The van der Waals surface area contributed by atoms with Crippen LogP contribution in [0.5, 0.6) is 11.5 Å². The van der Waals surface area contributed by atoms with Gasteiger partial charge in [0.1, 0.15) is 11.5 Å². The van der Waals surface area contributed by atoms with Gasteiger partial charge >= 0.3 is 0 Å². The highest BCUT2D eigenvalue weighted by atomic mass is 35.5. The molecule has 0 aliphatic heterocycles. The third-order valence-corrected chi connectivity index (χ3v) is 2.28. The van der Waals surface area contributed by atoms with Crippen LogP contribution in [-0.2, 0) is 0 Å². The van der Waals surface area contributed by atoms with Crippen molar-refractivity contribution in [2.45, 2.75) is 19.4 Å². The van der Waals surface area contributed by atoms with Crippen LogP contribution in [0.3, 0.4) is 0 Å². The van der Waals surface area contributed by atoms with Gasteiger partial charge in [0.2, 0.25) is 0 Å². The molecule has 0 saturated heterocycles. The molecule has 86 valence electrons. The molecule has 1 rings (SSSR count). The van der Waals surface area contributed by atoms with Crippen LogP contribution in [0, 0.1) is 0 Å². The van der Waals surface area contributed by atoms with Crippen molar-refractivity contribution in [3.8, 4) is 11.5 Å². The highest BCUT2D eigenvalue weighted by molar-refractivity contribution is 5.85. The van der Waals surface area contributed by atoms with Gasteiger partial charge in [0.25, 0.3) is 0 Å². The average Bonchev–Trinajstić information content (AvgIpc) is 2.26. The summed E-state index contributed by atoms with van der Waals surface area (Å²) in [5.74, 6) is 1.58. The molecule has 0 bridgehead atoms. The molecule has 1 aromatic carbocycles. The average molecular weight is 232 g/mol. The highest BCUT2D eigenvalue weighted by Crippen LogP contribution is 2.33. The number of nitrogens with two attached hydrogens (primary N) is 1. The Morgan fingerprint density at radius 2 is 1.67 bits per heavy atom. The van der Waals surface area contributed by atoms with Gasteiger partial charge in [-0.2, -0.15) is 0 Å². The van der Waals surface area contributed by atoms with Gasteiger partial charge in [0.05, 0.1) is 19.8 Å². The van der Waals surface area contributed by atoms with E-state index in [0.29, 0.717) is 0 Å². The van der Waals surface area contributed by atoms with Crippen LogP contribution >= 0.6 is 12.4 Å². The molecule has 0 amide bonds. The summed E-state index contributed by atoms with van der Waals surface area (Å²) in [6.45, 7) is 2.04. The summed E-state index contributed by atoms with van der Waals surface area (Å²) in [5, 5.41) is 0. The Kier molecular flexibility index (Phi) is 6.13. The van der Waals surface area contributed by atoms with Crippen molar-refractivity contribution < 1.29 is 9.47 Å². The summed E-state index contributed by atoms with van der Waals surface area (Å²) in [6, 6.07) is 5.64. The Morgan fingerprint density at radius 1 is 1.20 bits per heavy atom. The minimum absolute atomic E-state index is 0. The first-order chi connectivity index (χ1) is 6.74. The van der Waals surface area contributed by atoms with Crippen molar-refractivity contribution in [3.63, 3.8) is 0 Å². The maximum absolute atomic E-state index is 5.99. The van der Waals surface area contributed by atoms with Crippen molar-refractivity contribution in [1.29, 1.82) is 0 Å². The van der Waals surface area contributed by atoms with E-state index in [9.17, 15) is 0 Å². The molecular formula is C11H18ClNO2. The lowest BCUT2D eigenvalue weighted by Crippen LogP contribution is -2.11. The van der Waals surface area contributed by atoms with Crippen LogP contribution in [0.25, 0.3) is 0 Å². The molecule has 0 saturated carbocycles. The summed E-state index contributed by atoms with van der Waals surface area (Å²) in [5.41, 5.74) is 6.93. The molecule has 0 radical (unpaired) electrons. The van der Waals surface area contributed by atoms with E-state index in [1.54, 1.807) is 14.2 Å². The highest BCUT2D eigenvalue weighted by Gasteiger charge is 2.15. The van der Waals surface area contributed by atoms with Crippen LogP contribution in [0.15, 0.2) is 18.2 Å². The Balaban J connectivity index is 0.00000196. The molecule has 3 nitrogen and oxygen atoms in total. The van der Waals surface area contributed by atoms with Crippen LogP contribution in [0.1, 0.15) is 24.9 Å². The largest absolute Gasteiger partial charge is 0.496 e. The first kappa shape index (κ1) is 14.1. The van der Waals surface area contributed by atoms with E-state index in [-0.39, 0.29) is 18.4 Å². The quantitative estimate of drug-likeness (QED) is 0.866. The number of benzene rings is 1. The summed E-state index contributed by atoms with van der Waals surface area (Å²) >= 11 is 0. The summed E-state index contributed by atoms with van der Waals surface area (Å²) < 4.78 is 10.5. The SMILES string of the molecule is CC[C@H](N)c1c(OC)cccc1OC.Cl. The van der Waals surface area contributed by atoms with Crippen molar-refractivity contribution in [2.24, 2.45) is 5.73 Å². The van der Waals surface area contributed by atoms with Gasteiger partial charge in [-0.3, -0.25) is 0 Å². The minimum atomic E-state index is -0.0406. The van der Waals surface area contributed by atoms with E-state index in [0.717, 1.165) is 23.5 Å². The second kappa shape index (κ2) is 6.53. The van der Waals surface area contributed by atoms with Gasteiger partial charge in [0, 0.05) is 6.04 Å². The minimum Gasteiger partial charge on any atom is -0.496 e. The zero-order valence-electron chi connectivity index (χ0n) is 9.32. The lowest BCUT2D eigenvalue weighted by Gasteiger charge is -2.17. The Bertz CT molecular complexity index is 282. The van der Waals surface area contributed by atoms with E-state index >= 15 is 0 Å². The molecule has 0 spiro atoms. The molecule has 1 atom stereocenters. The summed E-state index contributed by atoms with van der Waals surface area (Å²) in [7, 11) is 3.28. The molecule has 0 heterocycles. The Morgan fingerprint density at radius 3 is 2.00 bits per heavy atom. The number of hydrogen-bond acceptors (Lipinski definition) is 3. The Hall–Kier alpha value is -0.930. The van der Waals surface area contributed by atoms with E-state index in [1.165, 1.54) is 0 Å². The van der Waals surface area contributed by atoms with Gasteiger partial charge < -0.3 is 15.2 Å². The van der Waals surface area contributed by atoms with Crippen LogP contribution in [0.2, 0.25) is 0 Å². The van der Waals surface area contributed by atoms with Gasteiger partial charge in [-0.15, -0.1) is 12.4 Å². The third kappa shape index (κ3) is 3.01. The third-order valence-electron chi connectivity index (χ3n) is 2.28. The molecule has 0 aliphatic rings. The number of halogens is 1. The standard InChI is InChI=1S/C11H17NO2.ClH/c1-4-8(12)11-9(13-2)6-5-7-10(11)14-3;/h5-8H,4,12H2,1-3H3;1H/t8-;/m0./s1. The van der Waals surface area contributed by atoms with E-state index in [2.05, 4.69) is 0 Å². The lowest BCUT2D eigenvalue weighted by molar-refractivity contribution is 0.378. The zero-order chi connectivity index (χ0) is 10.6. The van der Waals surface area contributed by atoms with Crippen molar-refractivity contribution >= 4 is 12.4 Å². The number of hydrogen-bond donors (Lipinski definition) is 1. The first-order valence-electron chi connectivity index (χ1n) is 4.71. The number of rotatable bonds is 4. The van der Waals surface area contributed by atoms with Crippen molar-refractivity contribution in [1.82, 2.24) is 0 Å². The number of methoxy groups -OCH3 is 2. The molecule has 0 fully saturated rings. The predicted octanol–water partition coefficient (Wildman–Crippen LogP) is 2.54. The van der Waals surface area contributed by atoms with Gasteiger partial charge in [-0.25, -0.2) is 0 Å². The van der Waals surface area contributed by atoms with Gasteiger partial charge in [-0.1, -0.05) is 13.0 Å². The van der Waals surface area contributed by atoms with Gasteiger partial charge in [-0.05, 0) is 18.6 Å². The lowest BCUT2D eigenvalue weighted by atomic mass is 10.0. The zero-order valence-corrected chi connectivity index (χ0v) is 10.1. The monoisotopic (exact) mass is 231 g/mol. The molecule has 0 unspecified atom stereocenters. The fourth-order valence-electron chi connectivity index (χ4n) is 1.45. The molecule has 4 heteroatoms. The fraction of sp³-hybridized carbons (Fsp3) is 0.455. The van der Waals surface area contributed by atoms with E-state index in [4.69, 9.17) is 15.2 Å². The molecule has 0 aromatic heterocycles. The van der Waals surface area contributed by atoms with Crippen LogP contribution < -0.4 is 15.2 Å². The Labute approximate surface area is 97.0 Å². The molecule has 2 N–H and O–H groups in total. The molecular weight excluding hydrogens is 214 g/mol. The molecule has 0 aliphatic carbocycles. The van der Waals surface area contributed by atoms with Crippen molar-refractivity contribution in [3.05, 3.63) is 23.8 Å². The maximum Gasteiger partial charge on any atom is 0.127 e. The van der Waals surface area contributed by atoms with Crippen LogP contribution in [-0.4, -0.2) is 14.2 Å². The van der Waals surface area contributed by atoms with Crippen molar-refractivity contribution in [2.75, 3.05) is 14.2 Å². The normalized spacial score (nSPS) is 11.5. The molecule has 1 aromatic rings. The van der Waals surface area contributed by atoms with Gasteiger partial charge in [0.15, 0.2) is 0 Å². The predicted molar refractivity (Wildman–Crippen MR) is 64.0 cm³/mol. The molecule has 15 heavy (non-hydrogen) atoms. The van der Waals surface area contributed by atoms with E-state index in [1.807, 2.05) is 25.1 Å². The topological polar surface area (TPSA) is 44.5 Å².